The summed E-state index contributed by atoms with van der Waals surface area (Å²) in [5.74, 6) is -0.0481. The Morgan fingerprint density at radius 3 is 2.65 bits per heavy atom. The van der Waals surface area contributed by atoms with Gasteiger partial charge in [-0.15, -0.1) is 0 Å². The van der Waals surface area contributed by atoms with Gasteiger partial charge in [0.15, 0.2) is 0 Å². The number of methoxy groups -OCH3 is 1. The SMILES string of the molecule is COC(C)(C)CNC(=O)Cc1ccccc1N. The molecule has 4 nitrogen and oxygen atoms in total. The van der Waals surface area contributed by atoms with E-state index in [4.69, 9.17) is 10.5 Å². The molecule has 0 atom stereocenters. The normalized spacial score (nSPS) is 11.2. The fourth-order valence-corrected chi connectivity index (χ4v) is 1.31. The lowest BCUT2D eigenvalue weighted by Crippen LogP contribution is -2.40. The number of benzene rings is 1. The maximum absolute atomic E-state index is 11.7. The van der Waals surface area contributed by atoms with E-state index in [0.717, 1.165) is 5.56 Å². The number of rotatable bonds is 5. The van der Waals surface area contributed by atoms with Gasteiger partial charge in [-0.25, -0.2) is 0 Å². The van der Waals surface area contributed by atoms with E-state index in [1.54, 1.807) is 13.2 Å². The first-order valence-corrected chi connectivity index (χ1v) is 5.60. The predicted octanol–water partition coefficient (Wildman–Crippen LogP) is 1.35. The van der Waals surface area contributed by atoms with Gasteiger partial charge in [0, 0.05) is 19.3 Å². The number of para-hydroxylation sites is 1. The Morgan fingerprint density at radius 1 is 1.41 bits per heavy atom. The van der Waals surface area contributed by atoms with Gasteiger partial charge in [-0.2, -0.15) is 0 Å². The summed E-state index contributed by atoms with van der Waals surface area (Å²) in [6.45, 7) is 4.32. The first-order chi connectivity index (χ1) is 7.94. The number of carbonyl (C=O) groups is 1. The number of hydrogen-bond acceptors (Lipinski definition) is 3. The zero-order valence-electron chi connectivity index (χ0n) is 10.6. The molecule has 1 aromatic rings. The van der Waals surface area contributed by atoms with Gasteiger partial charge in [0.2, 0.25) is 5.91 Å². The van der Waals surface area contributed by atoms with Crippen LogP contribution >= 0.6 is 0 Å². The summed E-state index contributed by atoms with van der Waals surface area (Å²) in [6.07, 6.45) is 0.298. The lowest BCUT2D eigenvalue weighted by molar-refractivity contribution is -0.121. The molecule has 94 valence electrons. The standard InChI is InChI=1S/C13H20N2O2/c1-13(2,17-3)9-15-12(16)8-10-6-4-5-7-11(10)14/h4-7H,8-9,14H2,1-3H3,(H,15,16). The largest absolute Gasteiger partial charge is 0.398 e. The third kappa shape index (κ3) is 4.44. The highest BCUT2D eigenvalue weighted by Gasteiger charge is 2.17. The van der Waals surface area contributed by atoms with E-state index in [0.29, 0.717) is 18.7 Å². The molecule has 0 heterocycles. The van der Waals surface area contributed by atoms with Crippen molar-refractivity contribution in [3.63, 3.8) is 0 Å². The van der Waals surface area contributed by atoms with Crippen LogP contribution in [0.3, 0.4) is 0 Å². The van der Waals surface area contributed by atoms with E-state index in [1.807, 2.05) is 32.0 Å². The Kier molecular flexibility index (Phi) is 4.52. The van der Waals surface area contributed by atoms with Crippen LogP contribution < -0.4 is 11.1 Å². The van der Waals surface area contributed by atoms with Crippen molar-refractivity contribution in [1.82, 2.24) is 5.32 Å². The van der Waals surface area contributed by atoms with Crippen LogP contribution in [0.1, 0.15) is 19.4 Å². The minimum Gasteiger partial charge on any atom is -0.398 e. The van der Waals surface area contributed by atoms with Crippen molar-refractivity contribution in [1.29, 1.82) is 0 Å². The van der Waals surface area contributed by atoms with Crippen molar-refractivity contribution in [2.45, 2.75) is 25.9 Å². The molecule has 0 aromatic heterocycles. The van der Waals surface area contributed by atoms with Gasteiger partial charge in [0.25, 0.3) is 0 Å². The zero-order chi connectivity index (χ0) is 12.9. The fourth-order valence-electron chi connectivity index (χ4n) is 1.31. The molecule has 1 amide bonds. The number of carbonyl (C=O) groups excluding carboxylic acids is 1. The number of nitrogens with one attached hydrogen (secondary N) is 1. The van der Waals surface area contributed by atoms with Gasteiger partial charge < -0.3 is 15.8 Å². The van der Waals surface area contributed by atoms with Gasteiger partial charge >= 0.3 is 0 Å². The number of nitrogens with two attached hydrogens (primary N) is 1. The van der Waals surface area contributed by atoms with Gasteiger partial charge in [-0.05, 0) is 25.5 Å². The van der Waals surface area contributed by atoms with Crippen LogP contribution in [0.4, 0.5) is 5.69 Å². The Morgan fingerprint density at radius 2 is 2.06 bits per heavy atom. The second-order valence-corrected chi connectivity index (χ2v) is 4.62. The van der Waals surface area contributed by atoms with Crippen LogP contribution in [-0.4, -0.2) is 25.2 Å². The first-order valence-electron chi connectivity index (χ1n) is 5.60. The van der Waals surface area contributed by atoms with E-state index >= 15 is 0 Å². The van der Waals surface area contributed by atoms with Crippen molar-refractivity contribution in [3.05, 3.63) is 29.8 Å². The zero-order valence-corrected chi connectivity index (χ0v) is 10.6. The maximum atomic E-state index is 11.7. The molecule has 0 bridgehead atoms. The van der Waals surface area contributed by atoms with Crippen molar-refractivity contribution < 1.29 is 9.53 Å². The topological polar surface area (TPSA) is 64.3 Å². The van der Waals surface area contributed by atoms with Crippen LogP contribution in [0, 0.1) is 0 Å². The summed E-state index contributed by atoms with van der Waals surface area (Å²) in [6, 6.07) is 7.38. The number of amides is 1. The summed E-state index contributed by atoms with van der Waals surface area (Å²) in [4.78, 5) is 11.7. The van der Waals surface area contributed by atoms with E-state index in [-0.39, 0.29) is 11.5 Å². The summed E-state index contributed by atoms with van der Waals surface area (Å²) < 4.78 is 5.22. The Hall–Kier alpha value is -1.55. The number of ether oxygens (including phenoxy) is 1. The van der Waals surface area contributed by atoms with Crippen LogP contribution in [-0.2, 0) is 16.0 Å². The number of nitrogen functional groups attached to an aromatic ring is 1. The highest BCUT2D eigenvalue weighted by atomic mass is 16.5. The lowest BCUT2D eigenvalue weighted by atomic mass is 10.1. The van der Waals surface area contributed by atoms with Gasteiger partial charge in [0.05, 0.1) is 12.0 Å². The minimum atomic E-state index is -0.349. The van der Waals surface area contributed by atoms with Crippen molar-refractivity contribution in [2.24, 2.45) is 0 Å². The lowest BCUT2D eigenvalue weighted by Gasteiger charge is -2.23. The van der Waals surface area contributed by atoms with Crippen molar-refractivity contribution in [3.8, 4) is 0 Å². The number of hydrogen-bond donors (Lipinski definition) is 2. The molecule has 0 spiro atoms. The second-order valence-electron chi connectivity index (χ2n) is 4.62. The average molecular weight is 236 g/mol. The molecule has 4 heteroatoms. The van der Waals surface area contributed by atoms with E-state index in [9.17, 15) is 4.79 Å². The minimum absolute atomic E-state index is 0.0481. The molecule has 0 aliphatic carbocycles. The van der Waals surface area contributed by atoms with Gasteiger partial charge in [0.1, 0.15) is 0 Å². The molecule has 0 saturated heterocycles. The predicted molar refractivity (Wildman–Crippen MR) is 68.7 cm³/mol. The highest BCUT2D eigenvalue weighted by molar-refractivity contribution is 5.80. The van der Waals surface area contributed by atoms with E-state index in [1.165, 1.54) is 0 Å². The van der Waals surface area contributed by atoms with Crippen LogP contribution in [0.15, 0.2) is 24.3 Å². The maximum Gasteiger partial charge on any atom is 0.224 e. The molecule has 0 unspecified atom stereocenters. The molecule has 3 N–H and O–H groups in total. The van der Waals surface area contributed by atoms with Crippen molar-refractivity contribution in [2.75, 3.05) is 19.4 Å². The molecule has 0 aliphatic rings. The molecular weight excluding hydrogens is 216 g/mol. The third-order valence-corrected chi connectivity index (χ3v) is 2.67. The molecular formula is C13H20N2O2. The first kappa shape index (κ1) is 13.5. The van der Waals surface area contributed by atoms with E-state index in [2.05, 4.69) is 5.32 Å². The highest BCUT2D eigenvalue weighted by Crippen LogP contribution is 2.11. The summed E-state index contributed by atoms with van der Waals surface area (Å²) in [7, 11) is 1.63. The number of anilines is 1. The van der Waals surface area contributed by atoms with E-state index < -0.39 is 0 Å². The third-order valence-electron chi connectivity index (χ3n) is 2.67. The summed E-state index contributed by atoms with van der Waals surface area (Å²) >= 11 is 0. The quantitative estimate of drug-likeness (QED) is 0.758. The van der Waals surface area contributed by atoms with Crippen molar-refractivity contribution >= 4 is 11.6 Å². The molecule has 17 heavy (non-hydrogen) atoms. The molecule has 0 fully saturated rings. The monoisotopic (exact) mass is 236 g/mol. The molecule has 0 radical (unpaired) electrons. The molecule has 1 rings (SSSR count). The summed E-state index contributed by atoms with van der Waals surface area (Å²) in [5.41, 5.74) is 6.92. The van der Waals surface area contributed by atoms with Crippen LogP contribution in [0.25, 0.3) is 0 Å². The fraction of sp³-hybridized carbons (Fsp3) is 0.462. The summed E-state index contributed by atoms with van der Waals surface area (Å²) in [5, 5.41) is 2.83. The Labute approximate surface area is 102 Å². The molecule has 0 saturated carbocycles. The van der Waals surface area contributed by atoms with Gasteiger partial charge in [-0.1, -0.05) is 18.2 Å². The van der Waals surface area contributed by atoms with Crippen LogP contribution in [0.5, 0.6) is 0 Å². The Balaban J connectivity index is 2.48. The molecule has 0 aliphatic heterocycles. The molecule has 1 aromatic carbocycles. The Bertz CT molecular complexity index is 389. The van der Waals surface area contributed by atoms with Gasteiger partial charge in [-0.3, -0.25) is 4.79 Å². The second kappa shape index (κ2) is 5.68. The average Bonchev–Trinajstić information content (AvgIpc) is 2.30. The van der Waals surface area contributed by atoms with Crippen LogP contribution in [0.2, 0.25) is 0 Å². The smallest absolute Gasteiger partial charge is 0.224 e.